The normalized spacial score (nSPS) is 11.4. The Morgan fingerprint density at radius 1 is 0.848 bits per heavy atom. The van der Waals surface area contributed by atoms with Crippen LogP contribution in [0.15, 0.2) is 77.7 Å². The lowest BCUT2D eigenvalue weighted by Gasteiger charge is -2.18. The van der Waals surface area contributed by atoms with Crippen LogP contribution in [0.3, 0.4) is 0 Å². The van der Waals surface area contributed by atoms with Gasteiger partial charge in [0.15, 0.2) is 0 Å². The van der Waals surface area contributed by atoms with E-state index in [9.17, 15) is 9.59 Å². The molecule has 0 aliphatic heterocycles. The molecule has 172 valence electrons. The highest BCUT2D eigenvalue weighted by Gasteiger charge is 2.23. The minimum absolute atomic E-state index is 0.0241. The molecule has 0 saturated carbocycles. The molecule has 6 nitrogen and oxygen atoms in total. The van der Waals surface area contributed by atoms with Crippen LogP contribution in [0.5, 0.6) is 11.5 Å². The van der Waals surface area contributed by atoms with E-state index in [0.717, 1.165) is 16.9 Å². The van der Waals surface area contributed by atoms with Gasteiger partial charge in [0.05, 0.1) is 14.2 Å². The zero-order valence-corrected chi connectivity index (χ0v) is 19.8. The standard InChI is InChI=1S/C26H28N2O4S/c1-4-9-24(29)27-19-12-8-13-23(16-19)33-25(18-10-6-5-7-11-18)26(30)28-20-14-21(31-2)17-22(15-20)32-3/h5-8,10-17,25H,4,9H2,1-3H3,(H,27,29)(H,28,30). The van der Waals surface area contributed by atoms with E-state index in [1.165, 1.54) is 11.8 Å². The van der Waals surface area contributed by atoms with Crippen molar-refractivity contribution in [2.45, 2.75) is 29.9 Å². The molecule has 3 aromatic carbocycles. The first-order valence-corrected chi connectivity index (χ1v) is 11.6. The maximum atomic E-state index is 13.4. The summed E-state index contributed by atoms with van der Waals surface area (Å²) in [5.41, 5.74) is 2.16. The highest BCUT2D eigenvalue weighted by Crippen LogP contribution is 2.37. The number of anilines is 2. The maximum Gasteiger partial charge on any atom is 0.242 e. The van der Waals surface area contributed by atoms with E-state index in [1.54, 1.807) is 32.4 Å². The van der Waals surface area contributed by atoms with Crippen molar-refractivity contribution in [2.75, 3.05) is 24.9 Å². The molecule has 3 aromatic rings. The van der Waals surface area contributed by atoms with Crippen LogP contribution in [-0.2, 0) is 9.59 Å². The molecule has 0 heterocycles. The van der Waals surface area contributed by atoms with E-state index in [2.05, 4.69) is 10.6 Å². The number of ether oxygens (including phenoxy) is 2. The minimum atomic E-state index is -0.509. The van der Waals surface area contributed by atoms with Gasteiger partial charge in [-0.1, -0.05) is 43.3 Å². The van der Waals surface area contributed by atoms with Crippen LogP contribution >= 0.6 is 11.8 Å². The number of carbonyl (C=O) groups excluding carboxylic acids is 2. The lowest BCUT2D eigenvalue weighted by Crippen LogP contribution is -2.19. The topological polar surface area (TPSA) is 76.7 Å². The summed E-state index contributed by atoms with van der Waals surface area (Å²) in [5, 5.41) is 5.39. The van der Waals surface area contributed by atoms with Crippen molar-refractivity contribution in [3.63, 3.8) is 0 Å². The number of benzene rings is 3. The van der Waals surface area contributed by atoms with Crippen molar-refractivity contribution >= 4 is 35.0 Å². The molecule has 0 saturated heterocycles. The van der Waals surface area contributed by atoms with Gasteiger partial charge in [-0.15, -0.1) is 11.8 Å². The fourth-order valence-electron chi connectivity index (χ4n) is 3.22. The monoisotopic (exact) mass is 464 g/mol. The molecule has 0 aromatic heterocycles. The zero-order valence-electron chi connectivity index (χ0n) is 19.0. The number of amides is 2. The van der Waals surface area contributed by atoms with Gasteiger partial charge in [-0.25, -0.2) is 0 Å². The second-order valence-electron chi connectivity index (χ2n) is 7.33. The Morgan fingerprint density at radius 3 is 2.18 bits per heavy atom. The highest BCUT2D eigenvalue weighted by atomic mass is 32.2. The van der Waals surface area contributed by atoms with Crippen molar-refractivity contribution in [1.29, 1.82) is 0 Å². The van der Waals surface area contributed by atoms with Crippen LogP contribution in [0.2, 0.25) is 0 Å². The van der Waals surface area contributed by atoms with Gasteiger partial charge in [0.1, 0.15) is 16.7 Å². The largest absolute Gasteiger partial charge is 0.497 e. The molecule has 0 bridgehead atoms. The average molecular weight is 465 g/mol. The number of rotatable bonds is 10. The van der Waals surface area contributed by atoms with Gasteiger partial charge in [0.2, 0.25) is 11.8 Å². The van der Waals surface area contributed by atoms with Gasteiger partial charge < -0.3 is 20.1 Å². The molecule has 0 aliphatic rings. The predicted octanol–water partition coefficient (Wildman–Crippen LogP) is 5.91. The van der Waals surface area contributed by atoms with E-state index >= 15 is 0 Å². The number of hydrogen-bond donors (Lipinski definition) is 2. The Balaban J connectivity index is 1.85. The Bertz CT molecular complexity index is 1070. The van der Waals surface area contributed by atoms with Crippen LogP contribution in [0.25, 0.3) is 0 Å². The fourth-order valence-corrected chi connectivity index (χ4v) is 4.31. The minimum Gasteiger partial charge on any atom is -0.497 e. The van der Waals surface area contributed by atoms with E-state index in [0.29, 0.717) is 29.3 Å². The van der Waals surface area contributed by atoms with Gasteiger partial charge in [-0.2, -0.15) is 0 Å². The van der Waals surface area contributed by atoms with Crippen LogP contribution < -0.4 is 20.1 Å². The summed E-state index contributed by atoms with van der Waals surface area (Å²) in [6, 6.07) is 22.4. The summed E-state index contributed by atoms with van der Waals surface area (Å²) in [5.74, 6) is 0.971. The molecule has 1 atom stereocenters. The quantitative estimate of drug-likeness (QED) is 0.365. The lowest BCUT2D eigenvalue weighted by atomic mass is 10.1. The van der Waals surface area contributed by atoms with Crippen molar-refractivity contribution < 1.29 is 19.1 Å². The number of hydrogen-bond acceptors (Lipinski definition) is 5. The summed E-state index contributed by atoms with van der Waals surface area (Å²) in [6.07, 6.45) is 1.25. The van der Waals surface area contributed by atoms with Crippen LogP contribution in [0, 0.1) is 0 Å². The number of thioether (sulfide) groups is 1. The smallest absolute Gasteiger partial charge is 0.242 e. The average Bonchev–Trinajstić information content (AvgIpc) is 2.83. The second kappa shape index (κ2) is 12.0. The molecule has 0 aliphatic carbocycles. The molecule has 3 rings (SSSR count). The zero-order chi connectivity index (χ0) is 23.6. The van der Waals surface area contributed by atoms with E-state index in [-0.39, 0.29) is 11.8 Å². The molecular formula is C26H28N2O4S. The molecule has 0 spiro atoms. The predicted molar refractivity (Wildman–Crippen MR) is 133 cm³/mol. The molecule has 0 radical (unpaired) electrons. The van der Waals surface area contributed by atoms with Gasteiger partial charge in [0, 0.05) is 40.9 Å². The molecule has 7 heteroatoms. The second-order valence-corrected chi connectivity index (χ2v) is 8.50. The van der Waals surface area contributed by atoms with Crippen LogP contribution in [0.4, 0.5) is 11.4 Å². The fraction of sp³-hybridized carbons (Fsp3) is 0.231. The third kappa shape index (κ3) is 7.02. The SMILES string of the molecule is CCCC(=O)Nc1cccc(SC(C(=O)Nc2cc(OC)cc(OC)c2)c2ccccc2)c1. The van der Waals surface area contributed by atoms with Gasteiger partial charge in [0.25, 0.3) is 0 Å². The van der Waals surface area contributed by atoms with Crippen molar-refractivity contribution in [1.82, 2.24) is 0 Å². The molecule has 2 amide bonds. The number of methoxy groups -OCH3 is 2. The van der Waals surface area contributed by atoms with Crippen LogP contribution in [-0.4, -0.2) is 26.0 Å². The first-order chi connectivity index (χ1) is 16.0. The molecule has 0 fully saturated rings. The Kier molecular flexibility index (Phi) is 8.78. The van der Waals surface area contributed by atoms with Crippen molar-refractivity contribution in [3.05, 3.63) is 78.4 Å². The van der Waals surface area contributed by atoms with Crippen molar-refractivity contribution in [2.24, 2.45) is 0 Å². The van der Waals surface area contributed by atoms with E-state index < -0.39 is 5.25 Å². The third-order valence-electron chi connectivity index (χ3n) is 4.81. The summed E-state index contributed by atoms with van der Waals surface area (Å²) in [7, 11) is 3.13. The van der Waals surface area contributed by atoms with E-state index in [1.807, 2.05) is 61.5 Å². The van der Waals surface area contributed by atoms with Gasteiger partial charge >= 0.3 is 0 Å². The summed E-state index contributed by atoms with van der Waals surface area (Å²) in [4.78, 5) is 26.2. The highest BCUT2D eigenvalue weighted by molar-refractivity contribution is 8.00. The Hall–Kier alpha value is -3.45. The number of nitrogens with one attached hydrogen (secondary N) is 2. The van der Waals surface area contributed by atoms with E-state index in [4.69, 9.17) is 9.47 Å². The summed E-state index contributed by atoms with van der Waals surface area (Å²) >= 11 is 1.42. The molecule has 2 N–H and O–H groups in total. The van der Waals surface area contributed by atoms with Gasteiger partial charge in [-0.3, -0.25) is 9.59 Å². The molecular weight excluding hydrogens is 436 g/mol. The first-order valence-electron chi connectivity index (χ1n) is 10.7. The number of carbonyl (C=O) groups is 2. The van der Waals surface area contributed by atoms with Crippen LogP contribution in [0.1, 0.15) is 30.6 Å². The summed E-state index contributed by atoms with van der Waals surface area (Å²) < 4.78 is 10.6. The Morgan fingerprint density at radius 2 is 1.55 bits per heavy atom. The molecule has 1 unspecified atom stereocenters. The van der Waals surface area contributed by atoms with Gasteiger partial charge in [-0.05, 0) is 30.2 Å². The first kappa shape index (κ1) is 24.2. The molecule has 33 heavy (non-hydrogen) atoms. The maximum absolute atomic E-state index is 13.4. The van der Waals surface area contributed by atoms with Crippen molar-refractivity contribution in [3.8, 4) is 11.5 Å². The third-order valence-corrected chi connectivity index (χ3v) is 6.06. The Labute approximate surface area is 198 Å². The lowest BCUT2D eigenvalue weighted by molar-refractivity contribution is -0.116. The summed E-state index contributed by atoms with van der Waals surface area (Å²) in [6.45, 7) is 1.97.